The van der Waals surface area contributed by atoms with Crippen LogP contribution in [0.1, 0.15) is 49.2 Å². The number of methoxy groups -OCH3 is 1. The molecule has 0 aromatic carbocycles. The van der Waals surface area contributed by atoms with Crippen LogP contribution in [-0.4, -0.2) is 29.0 Å². The minimum Gasteiger partial charge on any atom is -0.381 e. The molecular formula is C14H25N3O. The van der Waals surface area contributed by atoms with Gasteiger partial charge in [0.05, 0.1) is 11.8 Å². The zero-order valence-corrected chi connectivity index (χ0v) is 12.2. The molecule has 0 aliphatic heterocycles. The Morgan fingerprint density at radius 1 is 1.39 bits per heavy atom. The Morgan fingerprint density at radius 3 is 2.61 bits per heavy atom. The smallest absolute Gasteiger partial charge is 0.0644 e. The van der Waals surface area contributed by atoms with Crippen molar-refractivity contribution in [3.05, 3.63) is 17.0 Å². The SMILES string of the molecule is COC1CCC(NC(C)c2c(C)nn(C)c2C)C1. The van der Waals surface area contributed by atoms with E-state index >= 15 is 0 Å². The first-order chi connectivity index (χ1) is 8.52. The van der Waals surface area contributed by atoms with Gasteiger partial charge in [0, 0.05) is 37.5 Å². The Morgan fingerprint density at radius 2 is 2.11 bits per heavy atom. The summed E-state index contributed by atoms with van der Waals surface area (Å²) >= 11 is 0. The molecule has 1 aromatic heterocycles. The van der Waals surface area contributed by atoms with Gasteiger partial charge in [-0.05, 0) is 40.0 Å². The third kappa shape index (κ3) is 2.59. The Labute approximate surface area is 110 Å². The van der Waals surface area contributed by atoms with Crippen molar-refractivity contribution >= 4 is 0 Å². The molecule has 1 aliphatic carbocycles. The van der Waals surface area contributed by atoms with Crippen LogP contribution in [0, 0.1) is 13.8 Å². The van der Waals surface area contributed by atoms with Crippen LogP contribution < -0.4 is 5.32 Å². The van der Waals surface area contributed by atoms with Crippen molar-refractivity contribution in [3.63, 3.8) is 0 Å². The maximum atomic E-state index is 5.42. The minimum absolute atomic E-state index is 0.360. The highest BCUT2D eigenvalue weighted by atomic mass is 16.5. The number of ether oxygens (including phenoxy) is 1. The summed E-state index contributed by atoms with van der Waals surface area (Å²) in [4.78, 5) is 0. The summed E-state index contributed by atoms with van der Waals surface area (Å²) < 4.78 is 7.39. The van der Waals surface area contributed by atoms with E-state index in [0.717, 1.165) is 12.1 Å². The lowest BCUT2D eigenvalue weighted by Crippen LogP contribution is -2.30. The van der Waals surface area contributed by atoms with Gasteiger partial charge in [0.25, 0.3) is 0 Å². The van der Waals surface area contributed by atoms with Gasteiger partial charge in [0.2, 0.25) is 0 Å². The normalized spacial score (nSPS) is 25.6. The van der Waals surface area contributed by atoms with Crippen LogP contribution in [-0.2, 0) is 11.8 Å². The summed E-state index contributed by atoms with van der Waals surface area (Å²) in [6.07, 6.45) is 3.94. The second-order valence-electron chi connectivity index (χ2n) is 5.46. The molecule has 1 heterocycles. The van der Waals surface area contributed by atoms with Crippen LogP contribution in [0.5, 0.6) is 0 Å². The van der Waals surface area contributed by atoms with Crippen LogP contribution in [0.3, 0.4) is 0 Å². The van der Waals surface area contributed by atoms with Gasteiger partial charge in [-0.15, -0.1) is 0 Å². The molecule has 0 radical (unpaired) electrons. The highest BCUT2D eigenvalue weighted by Crippen LogP contribution is 2.26. The van der Waals surface area contributed by atoms with Gasteiger partial charge in [0.15, 0.2) is 0 Å². The molecular weight excluding hydrogens is 226 g/mol. The third-order valence-corrected chi connectivity index (χ3v) is 4.20. The van der Waals surface area contributed by atoms with E-state index < -0.39 is 0 Å². The van der Waals surface area contributed by atoms with Gasteiger partial charge >= 0.3 is 0 Å². The van der Waals surface area contributed by atoms with Gasteiger partial charge in [0.1, 0.15) is 0 Å². The molecule has 1 N–H and O–H groups in total. The maximum absolute atomic E-state index is 5.42. The lowest BCUT2D eigenvalue weighted by Gasteiger charge is -2.20. The summed E-state index contributed by atoms with van der Waals surface area (Å²) in [5, 5.41) is 8.21. The van der Waals surface area contributed by atoms with E-state index in [1.54, 1.807) is 0 Å². The zero-order valence-electron chi connectivity index (χ0n) is 12.2. The lowest BCUT2D eigenvalue weighted by atomic mass is 10.0. The van der Waals surface area contributed by atoms with Crippen LogP contribution >= 0.6 is 0 Å². The first-order valence-electron chi connectivity index (χ1n) is 6.81. The van der Waals surface area contributed by atoms with Crippen LogP contribution in [0.25, 0.3) is 0 Å². The van der Waals surface area contributed by atoms with E-state index in [2.05, 4.69) is 31.2 Å². The van der Waals surface area contributed by atoms with Crippen molar-refractivity contribution in [1.82, 2.24) is 15.1 Å². The van der Waals surface area contributed by atoms with Gasteiger partial charge in [-0.2, -0.15) is 5.10 Å². The quantitative estimate of drug-likeness (QED) is 0.892. The molecule has 1 aliphatic rings. The van der Waals surface area contributed by atoms with Gasteiger partial charge in [-0.3, -0.25) is 4.68 Å². The Balaban J connectivity index is 2.02. The topological polar surface area (TPSA) is 39.1 Å². The fourth-order valence-corrected chi connectivity index (χ4v) is 3.16. The molecule has 4 nitrogen and oxygen atoms in total. The Hall–Kier alpha value is -0.870. The fourth-order valence-electron chi connectivity index (χ4n) is 3.16. The summed E-state index contributed by atoms with van der Waals surface area (Å²) in [5.74, 6) is 0. The van der Waals surface area contributed by atoms with Crippen LogP contribution in [0.15, 0.2) is 0 Å². The predicted octanol–water partition coefficient (Wildman–Crippen LogP) is 2.26. The number of aromatic nitrogens is 2. The van der Waals surface area contributed by atoms with E-state index in [-0.39, 0.29) is 0 Å². The van der Waals surface area contributed by atoms with Crippen LogP contribution in [0.4, 0.5) is 0 Å². The van der Waals surface area contributed by atoms with Gasteiger partial charge < -0.3 is 10.1 Å². The molecule has 2 rings (SSSR count). The number of hydrogen-bond acceptors (Lipinski definition) is 3. The maximum Gasteiger partial charge on any atom is 0.0644 e. The highest BCUT2D eigenvalue weighted by Gasteiger charge is 2.27. The fraction of sp³-hybridized carbons (Fsp3) is 0.786. The number of rotatable bonds is 4. The van der Waals surface area contributed by atoms with E-state index in [0.29, 0.717) is 18.2 Å². The first kappa shape index (κ1) is 13.6. The van der Waals surface area contributed by atoms with E-state index in [9.17, 15) is 0 Å². The summed E-state index contributed by atoms with van der Waals surface area (Å²) in [5.41, 5.74) is 3.74. The molecule has 4 heteroatoms. The van der Waals surface area contributed by atoms with Gasteiger partial charge in [-0.1, -0.05) is 0 Å². The van der Waals surface area contributed by atoms with Crippen molar-refractivity contribution in [2.24, 2.45) is 7.05 Å². The molecule has 102 valence electrons. The Bertz CT molecular complexity index is 413. The number of hydrogen-bond donors (Lipinski definition) is 1. The molecule has 3 unspecified atom stereocenters. The monoisotopic (exact) mass is 251 g/mol. The average molecular weight is 251 g/mol. The average Bonchev–Trinajstić information content (AvgIpc) is 2.85. The largest absolute Gasteiger partial charge is 0.381 e. The summed E-state index contributed by atoms with van der Waals surface area (Å²) in [7, 11) is 3.82. The molecule has 0 spiro atoms. The first-order valence-corrected chi connectivity index (χ1v) is 6.81. The second-order valence-corrected chi connectivity index (χ2v) is 5.46. The highest BCUT2D eigenvalue weighted by molar-refractivity contribution is 5.27. The summed E-state index contributed by atoms with van der Waals surface area (Å²) in [6.45, 7) is 6.46. The van der Waals surface area contributed by atoms with E-state index in [4.69, 9.17) is 4.74 Å². The molecule has 1 fully saturated rings. The van der Waals surface area contributed by atoms with E-state index in [1.165, 1.54) is 24.1 Å². The minimum atomic E-state index is 0.360. The van der Waals surface area contributed by atoms with Crippen molar-refractivity contribution in [2.75, 3.05) is 7.11 Å². The molecule has 1 aromatic rings. The number of nitrogens with one attached hydrogen (secondary N) is 1. The molecule has 1 saturated carbocycles. The van der Waals surface area contributed by atoms with Crippen molar-refractivity contribution in [3.8, 4) is 0 Å². The molecule has 0 saturated heterocycles. The number of aryl methyl sites for hydroxylation is 2. The standard InChI is InChI=1S/C14H25N3O/c1-9(14-10(2)16-17(4)11(14)3)15-12-6-7-13(8-12)18-5/h9,12-13,15H,6-8H2,1-5H3. The predicted molar refractivity (Wildman–Crippen MR) is 72.7 cm³/mol. The summed E-state index contributed by atoms with van der Waals surface area (Å²) in [6, 6.07) is 0.934. The van der Waals surface area contributed by atoms with Crippen molar-refractivity contribution in [1.29, 1.82) is 0 Å². The zero-order chi connectivity index (χ0) is 13.3. The lowest BCUT2D eigenvalue weighted by molar-refractivity contribution is 0.106. The van der Waals surface area contributed by atoms with Crippen molar-refractivity contribution in [2.45, 2.75) is 58.2 Å². The third-order valence-electron chi connectivity index (χ3n) is 4.20. The number of nitrogens with zero attached hydrogens (tertiary/aromatic N) is 2. The van der Waals surface area contributed by atoms with Crippen LogP contribution in [0.2, 0.25) is 0 Å². The Kier molecular flexibility index (Phi) is 4.07. The molecule has 0 amide bonds. The second kappa shape index (κ2) is 5.41. The molecule has 18 heavy (non-hydrogen) atoms. The van der Waals surface area contributed by atoms with Crippen molar-refractivity contribution < 1.29 is 4.74 Å². The molecule has 3 atom stereocenters. The molecule has 0 bridgehead atoms. The van der Waals surface area contributed by atoms with E-state index in [1.807, 2.05) is 18.8 Å². The van der Waals surface area contributed by atoms with Gasteiger partial charge in [-0.25, -0.2) is 0 Å².